The van der Waals surface area contributed by atoms with Crippen molar-refractivity contribution in [1.82, 2.24) is 9.13 Å². The molecule has 0 saturated heterocycles. The van der Waals surface area contributed by atoms with Crippen molar-refractivity contribution >= 4 is 86.7 Å². The monoisotopic (exact) mass is 990 g/mol. The second-order valence-corrected chi connectivity index (χ2v) is 20.5. The number of hydrogen-bond acceptors (Lipinski definition) is 0. The van der Waals surface area contributed by atoms with Crippen molar-refractivity contribution in [2.45, 2.75) is 0 Å². The molecule has 78 heavy (non-hydrogen) atoms. The van der Waals surface area contributed by atoms with Crippen molar-refractivity contribution in [2.75, 3.05) is 0 Å². The first kappa shape index (κ1) is 45.1. The summed E-state index contributed by atoms with van der Waals surface area (Å²) in [4.78, 5) is 0. The standard InChI is InChI=1S/2C38H25N/c1-3-9-30-23-32(18-17-26(30)7-1)28-13-15-29(16-14-28)33-20-22-38-36(25-33)35-11-5-6-12-37(35)39(38)34-21-19-27-8-2-4-10-31(27)24-34;1-2-10-30-24-32(22-20-26(30)8-1)39-37-15-6-5-13-35(37)36-25-31(21-23-38(36)39)27-16-18-29(19-17-27)34-14-7-11-28-9-3-4-12-33(28)34/h2*1-25H. The summed E-state index contributed by atoms with van der Waals surface area (Å²) < 4.78 is 4.79. The van der Waals surface area contributed by atoms with Crippen LogP contribution in [0.1, 0.15) is 0 Å². The van der Waals surface area contributed by atoms with Crippen LogP contribution in [-0.2, 0) is 0 Å². The van der Waals surface area contributed by atoms with E-state index in [1.165, 1.54) is 143 Å². The molecule has 0 aliphatic rings. The number of hydrogen-bond donors (Lipinski definition) is 0. The molecule has 0 fully saturated rings. The highest BCUT2D eigenvalue weighted by Gasteiger charge is 2.16. The molecule has 14 aromatic carbocycles. The third-order valence-corrected chi connectivity index (χ3v) is 15.9. The SMILES string of the molecule is c1ccc2cc(-c3ccc(-c4ccc5c(c4)c4ccccc4n5-c4ccc5ccccc5c4)cc3)ccc2c1.c1ccc2cc(-n3c4ccccc4c4cc(-c5ccc(-c6cccc7ccccc67)cc5)ccc43)ccc2c1. The van der Waals surface area contributed by atoms with Crippen LogP contribution < -0.4 is 0 Å². The van der Waals surface area contributed by atoms with Gasteiger partial charge >= 0.3 is 0 Å². The number of para-hydroxylation sites is 2. The fraction of sp³-hybridized carbons (Fsp3) is 0. The molecule has 0 N–H and O–H groups in total. The first-order valence-corrected chi connectivity index (χ1v) is 26.9. The van der Waals surface area contributed by atoms with Gasteiger partial charge in [0, 0.05) is 32.9 Å². The molecule has 16 aromatic rings. The van der Waals surface area contributed by atoms with Gasteiger partial charge in [-0.15, -0.1) is 0 Å². The topological polar surface area (TPSA) is 9.86 Å². The zero-order chi connectivity index (χ0) is 51.5. The third kappa shape index (κ3) is 7.90. The highest BCUT2D eigenvalue weighted by molar-refractivity contribution is 6.12. The maximum atomic E-state index is 2.39. The highest BCUT2D eigenvalue weighted by atomic mass is 15.0. The van der Waals surface area contributed by atoms with E-state index in [1.807, 2.05) is 0 Å². The van der Waals surface area contributed by atoms with Crippen LogP contribution in [0, 0.1) is 0 Å². The van der Waals surface area contributed by atoms with E-state index < -0.39 is 0 Å². The van der Waals surface area contributed by atoms with Gasteiger partial charge in [0.2, 0.25) is 0 Å². The minimum atomic E-state index is 1.19. The smallest absolute Gasteiger partial charge is 0.0541 e. The van der Waals surface area contributed by atoms with Gasteiger partial charge in [-0.25, -0.2) is 0 Å². The van der Waals surface area contributed by atoms with Gasteiger partial charge < -0.3 is 9.13 Å². The van der Waals surface area contributed by atoms with Gasteiger partial charge in [0.05, 0.1) is 22.1 Å². The van der Waals surface area contributed by atoms with Crippen LogP contribution in [0.5, 0.6) is 0 Å². The molecule has 2 aromatic heterocycles. The fourth-order valence-electron chi connectivity index (χ4n) is 12.0. The van der Waals surface area contributed by atoms with Crippen LogP contribution in [-0.4, -0.2) is 9.13 Å². The number of aromatic nitrogens is 2. The van der Waals surface area contributed by atoms with E-state index in [2.05, 4.69) is 312 Å². The maximum Gasteiger partial charge on any atom is 0.0541 e. The molecule has 0 amide bonds. The molecule has 0 radical (unpaired) electrons. The predicted molar refractivity (Wildman–Crippen MR) is 333 cm³/mol. The Balaban J connectivity index is 0.000000136. The molecule has 0 saturated carbocycles. The van der Waals surface area contributed by atoms with Crippen molar-refractivity contribution in [3.63, 3.8) is 0 Å². The van der Waals surface area contributed by atoms with E-state index in [-0.39, 0.29) is 0 Å². The maximum absolute atomic E-state index is 2.39. The highest BCUT2D eigenvalue weighted by Crippen LogP contribution is 2.39. The van der Waals surface area contributed by atoms with E-state index in [4.69, 9.17) is 0 Å². The van der Waals surface area contributed by atoms with Crippen molar-refractivity contribution in [3.05, 3.63) is 303 Å². The molecule has 0 unspecified atom stereocenters. The summed E-state index contributed by atoms with van der Waals surface area (Å²) >= 11 is 0. The Kier molecular flexibility index (Phi) is 10.9. The molecule has 0 bridgehead atoms. The third-order valence-electron chi connectivity index (χ3n) is 15.9. The van der Waals surface area contributed by atoms with Crippen LogP contribution in [0.4, 0.5) is 0 Å². The lowest BCUT2D eigenvalue weighted by Gasteiger charge is -2.10. The van der Waals surface area contributed by atoms with Crippen LogP contribution in [0.2, 0.25) is 0 Å². The van der Waals surface area contributed by atoms with E-state index in [1.54, 1.807) is 0 Å². The zero-order valence-electron chi connectivity index (χ0n) is 42.8. The lowest BCUT2D eigenvalue weighted by atomic mass is 9.96. The molecule has 364 valence electrons. The number of rotatable bonds is 6. The second-order valence-electron chi connectivity index (χ2n) is 20.5. The van der Waals surface area contributed by atoms with Crippen LogP contribution in [0.15, 0.2) is 303 Å². The van der Waals surface area contributed by atoms with Gasteiger partial charge in [0.15, 0.2) is 0 Å². The van der Waals surface area contributed by atoms with Gasteiger partial charge in [-0.1, -0.05) is 237 Å². The summed E-state index contributed by atoms with van der Waals surface area (Å²) in [5.41, 5.74) is 17.2. The summed E-state index contributed by atoms with van der Waals surface area (Å²) in [6.07, 6.45) is 0. The Hall–Kier alpha value is -10.3. The van der Waals surface area contributed by atoms with Crippen molar-refractivity contribution < 1.29 is 0 Å². The van der Waals surface area contributed by atoms with E-state index in [0.717, 1.165) is 0 Å². The molecular formula is C76H50N2. The van der Waals surface area contributed by atoms with Crippen LogP contribution in [0.3, 0.4) is 0 Å². The summed E-state index contributed by atoms with van der Waals surface area (Å²) in [7, 11) is 0. The van der Waals surface area contributed by atoms with Gasteiger partial charge in [0.25, 0.3) is 0 Å². The molecule has 2 heteroatoms. The van der Waals surface area contributed by atoms with Crippen LogP contribution >= 0.6 is 0 Å². The molecule has 0 spiro atoms. The van der Waals surface area contributed by atoms with Crippen molar-refractivity contribution in [1.29, 1.82) is 0 Å². The van der Waals surface area contributed by atoms with Crippen molar-refractivity contribution in [2.24, 2.45) is 0 Å². The van der Waals surface area contributed by atoms with Gasteiger partial charge in [0.1, 0.15) is 0 Å². The Morgan fingerprint density at radius 1 is 0.167 bits per heavy atom. The first-order valence-electron chi connectivity index (χ1n) is 26.9. The predicted octanol–water partition coefficient (Wildman–Crippen LogP) is 20.8. The average molecular weight is 991 g/mol. The Morgan fingerprint density at radius 3 is 1.00 bits per heavy atom. The second kappa shape index (κ2) is 18.8. The lowest BCUT2D eigenvalue weighted by Crippen LogP contribution is -1.93. The summed E-state index contributed by atoms with van der Waals surface area (Å²) in [5.74, 6) is 0. The molecule has 0 aliphatic heterocycles. The summed E-state index contributed by atoms with van der Waals surface area (Å²) in [6.45, 7) is 0. The summed E-state index contributed by atoms with van der Waals surface area (Å²) in [5, 5.41) is 15.2. The molecule has 0 aliphatic carbocycles. The zero-order valence-corrected chi connectivity index (χ0v) is 42.8. The van der Waals surface area contributed by atoms with Crippen LogP contribution in [0.25, 0.3) is 143 Å². The molecule has 16 rings (SSSR count). The van der Waals surface area contributed by atoms with Gasteiger partial charge in [-0.3, -0.25) is 0 Å². The number of nitrogens with zero attached hydrogens (tertiary/aromatic N) is 2. The Bertz CT molecular complexity index is 4950. The average Bonchev–Trinajstić information content (AvgIpc) is 4.15. The minimum Gasteiger partial charge on any atom is -0.309 e. The van der Waals surface area contributed by atoms with E-state index >= 15 is 0 Å². The van der Waals surface area contributed by atoms with Gasteiger partial charge in [-0.2, -0.15) is 0 Å². The van der Waals surface area contributed by atoms with E-state index in [9.17, 15) is 0 Å². The normalized spacial score (nSPS) is 11.6. The summed E-state index contributed by atoms with van der Waals surface area (Å²) in [6, 6.07) is 110. The van der Waals surface area contributed by atoms with Gasteiger partial charge in [-0.05, 0) is 154 Å². The van der Waals surface area contributed by atoms with Crippen molar-refractivity contribution in [3.8, 4) is 55.9 Å². The molecular weight excluding hydrogens is 941 g/mol. The lowest BCUT2D eigenvalue weighted by molar-refractivity contribution is 1.19. The van der Waals surface area contributed by atoms with E-state index in [0.29, 0.717) is 0 Å². The molecule has 2 nitrogen and oxygen atoms in total. The largest absolute Gasteiger partial charge is 0.309 e. The molecule has 0 atom stereocenters. The minimum absolute atomic E-state index is 1.19. The Morgan fingerprint density at radius 2 is 0.500 bits per heavy atom. The number of fused-ring (bicyclic) bond motifs is 10. The first-order chi connectivity index (χ1) is 38.6. The fourth-order valence-corrected chi connectivity index (χ4v) is 12.0. The quantitative estimate of drug-likeness (QED) is 0.157. The number of benzene rings is 14. The Labute approximate surface area is 452 Å². The molecule has 2 heterocycles.